The Kier molecular flexibility index (Phi) is 12.0. The van der Waals surface area contributed by atoms with Crippen molar-refractivity contribution in [1.29, 1.82) is 0 Å². The van der Waals surface area contributed by atoms with Crippen molar-refractivity contribution in [2.24, 2.45) is 17.8 Å². The van der Waals surface area contributed by atoms with Crippen molar-refractivity contribution in [3.05, 3.63) is 23.9 Å². The molecule has 1 fully saturated rings. The zero-order chi connectivity index (χ0) is 26.8. The lowest BCUT2D eigenvalue weighted by atomic mass is 9.90. The van der Waals surface area contributed by atoms with Gasteiger partial charge in [0.25, 0.3) is 5.91 Å². The van der Waals surface area contributed by atoms with Gasteiger partial charge in [-0.05, 0) is 31.1 Å². The van der Waals surface area contributed by atoms with Crippen LogP contribution in [0.3, 0.4) is 0 Å². The maximum atomic E-state index is 13.3. The second kappa shape index (κ2) is 14.5. The van der Waals surface area contributed by atoms with Crippen LogP contribution in [0.5, 0.6) is 0 Å². The molecule has 9 nitrogen and oxygen atoms in total. The lowest BCUT2D eigenvalue weighted by molar-refractivity contribution is -0.133. The van der Waals surface area contributed by atoms with Gasteiger partial charge in [0.05, 0.1) is 6.04 Å². The van der Waals surface area contributed by atoms with E-state index >= 15 is 0 Å². The Morgan fingerprint density at radius 3 is 2.22 bits per heavy atom. The van der Waals surface area contributed by atoms with Gasteiger partial charge >= 0.3 is 0 Å². The van der Waals surface area contributed by atoms with E-state index in [1.54, 1.807) is 17.7 Å². The molecule has 0 aromatic rings. The highest BCUT2D eigenvalue weighted by molar-refractivity contribution is 8.76. The first-order chi connectivity index (χ1) is 17.0. The molecule has 0 aromatic heterocycles. The molecular formula is C25H38N4O5S2. The van der Waals surface area contributed by atoms with Gasteiger partial charge in [0, 0.05) is 24.3 Å². The van der Waals surface area contributed by atoms with Crippen molar-refractivity contribution in [3.8, 4) is 0 Å². The number of hydrogen-bond acceptors (Lipinski definition) is 7. The standard InChI is InChI=1S/C25H38N4O5S2/c1-6-17-23(32)29-21(14(2)3)19(30)11-16-9-7-8-10-35-36-13-18(24(33)26-17)27-25(34)22(15(4)5)28-20(31)12-16/h6-7,9,14-16,18,21-22H,8,10-13H2,1-5H3,(H,26,33)(H,27,34)(H,28,31)(H,29,32)/b9-7+,17-6-/t16-,18+,21-,22+/m0/s1. The fourth-order valence-corrected chi connectivity index (χ4v) is 6.10. The molecule has 1 saturated heterocycles. The van der Waals surface area contributed by atoms with Crippen LogP contribution in [-0.2, 0) is 24.0 Å². The molecule has 2 heterocycles. The summed E-state index contributed by atoms with van der Waals surface area (Å²) in [5.74, 6) is -1.90. The van der Waals surface area contributed by atoms with Crippen LogP contribution in [-0.4, -0.2) is 59.0 Å². The minimum Gasteiger partial charge on any atom is -0.344 e. The molecule has 0 spiro atoms. The Hall–Kier alpha value is -2.27. The highest BCUT2D eigenvalue weighted by Gasteiger charge is 2.33. The molecule has 4 amide bonds. The zero-order valence-corrected chi connectivity index (χ0v) is 23.2. The average Bonchev–Trinajstić information content (AvgIpc) is 2.81. The number of fused-ring (bicyclic) bond motifs is 7. The van der Waals surface area contributed by atoms with Gasteiger partial charge in [0.2, 0.25) is 17.7 Å². The largest absolute Gasteiger partial charge is 0.344 e. The molecule has 4 N–H and O–H groups in total. The lowest BCUT2D eigenvalue weighted by Crippen LogP contribution is -2.57. The van der Waals surface area contributed by atoms with Crippen molar-refractivity contribution in [2.45, 2.75) is 72.0 Å². The molecule has 0 aromatic carbocycles. The highest BCUT2D eigenvalue weighted by atomic mass is 33.1. The average molecular weight is 539 g/mol. The van der Waals surface area contributed by atoms with Crippen molar-refractivity contribution < 1.29 is 24.0 Å². The Morgan fingerprint density at radius 2 is 1.58 bits per heavy atom. The number of Topliss-reactive ketones (excluding diaryl/α,β-unsaturated/α-hetero) is 1. The number of nitrogens with one attached hydrogen (secondary N) is 4. The van der Waals surface area contributed by atoms with Crippen LogP contribution in [0.15, 0.2) is 23.9 Å². The van der Waals surface area contributed by atoms with Crippen LogP contribution >= 0.6 is 21.6 Å². The van der Waals surface area contributed by atoms with E-state index in [2.05, 4.69) is 21.3 Å². The zero-order valence-electron chi connectivity index (χ0n) is 21.6. The second-order valence-corrected chi connectivity index (χ2v) is 12.3. The van der Waals surface area contributed by atoms with Gasteiger partial charge < -0.3 is 21.3 Å². The van der Waals surface area contributed by atoms with Crippen molar-refractivity contribution in [2.75, 3.05) is 11.5 Å². The summed E-state index contributed by atoms with van der Waals surface area (Å²) in [4.78, 5) is 65.6. The SMILES string of the molecule is C/C=C1\NC(=O)[C@H]2CSSCC/C=C/[C@H](CC(=O)N[C@H](C(C)C)C(=O)N2)CC(=O)[C@H](C(C)C)NC1=O. The van der Waals surface area contributed by atoms with Gasteiger partial charge in [-0.15, -0.1) is 0 Å². The molecule has 0 radical (unpaired) electrons. The van der Waals surface area contributed by atoms with Gasteiger partial charge in [-0.2, -0.15) is 0 Å². The third-order valence-corrected chi connectivity index (χ3v) is 8.44. The number of rotatable bonds is 2. The quantitative estimate of drug-likeness (QED) is 0.240. The molecule has 2 aliphatic rings. The Balaban J connectivity index is 2.55. The van der Waals surface area contributed by atoms with Gasteiger partial charge in [0.15, 0.2) is 5.78 Å². The maximum Gasteiger partial charge on any atom is 0.268 e. The minimum atomic E-state index is -0.931. The number of carbonyl (C=O) groups is 5. The molecule has 36 heavy (non-hydrogen) atoms. The highest BCUT2D eigenvalue weighted by Crippen LogP contribution is 2.24. The number of amides is 4. The van der Waals surface area contributed by atoms with Crippen LogP contribution < -0.4 is 21.3 Å². The molecule has 11 heteroatoms. The first kappa shape index (κ1) is 30.0. The van der Waals surface area contributed by atoms with Crippen molar-refractivity contribution in [3.63, 3.8) is 0 Å². The van der Waals surface area contributed by atoms with E-state index in [0.717, 1.165) is 12.2 Å². The van der Waals surface area contributed by atoms with Crippen molar-refractivity contribution >= 4 is 51.0 Å². The van der Waals surface area contributed by atoms with E-state index < -0.39 is 35.8 Å². The molecule has 0 saturated carbocycles. The Bertz CT molecular complexity index is 903. The summed E-state index contributed by atoms with van der Waals surface area (Å²) in [6.45, 7) is 8.91. The summed E-state index contributed by atoms with van der Waals surface area (Å²) >= 11 is 0. The number of hydrogen-bond donors (Lipinski definition) is 4. The second-order valence-electron chi connectivity index (χ2n) is 9.70. The van der Waals surface area contributed by atoms with Crippen molar-refractivity contribution in [1.82, 2.24) is 21.3 Å². The Morgan fingerprint density at radius 1 is 0.889 bits per heavy atom. The molecule has 4 atom stereocenters. The molecule has 2 bridgehead atoms. The van der Waals surface area contributed by atoms with Gasteiger partial charge in [-0.3, -0.25) is 24.0 Å². The van der Waals surface area contributed by atoms with E-state index in [1.165, 1.54) is 16.9 Å². The minimum absolute atomic E-state index is 0.0110. The van der Waals surface area contributed by atoms with E-state index in [-0.39, 0.29) is 53.7 Å². The number of allylic oxidation sites excluding steroid dienone is 3. The fraction of sp³-hybridized carbons (Fsp3) is 0.640. The first-order valence-electron chi connectivity index (χ1n) is 12.3. The van der Waals surface area contributed by atoms with Crippen LogP contribution in [0.25, 0.3) is 0 Å². The maximum absolute atomic E-state index is 13.3. The van der Waals surface area contributed by atoms with Gasteiger partial charge in [-0.25, -0.2) is 0 Å². The third kappa shape index (κ3) is 8.99. The lowest BCUT2D eigenvalue weighted by Gasteiger charge is -2.27. The molecular weight excluding hydrogens is 500 g/mol. The summed E-state index contributed by atoms with van der Waals surface area (Å²) in [5, 5.41) is 10.9. The fourth-order valence-electron chi connectivity index (χ4n) is 3.94. The number of carbonyl (C=O) groups excluding carboxylic acids is 5. The summed E-state index contributed by atoms with van der Waals surface area (Å²) in [7, 11) is 3.02. The molecule has 2 rings (SSSR count). The van der Waals surface area contributed by atoms with Crippen LogP contribution in [0, 0.1) is 17.8 Å². The van der Waals surface area contributed by atoms with Crippen LogP contribution in [0.4, 0.5) is 0 Å². The molecule has 0 aliphatic carbocycles. The topological polar surface area (TPSA) is 133 Å². The molecule has 200 valence electrons. The van der Waals surface area contributed by atoms with Crippen LogP contribution in [0.2, 0.25) is 0 Å². The monoisotopic (exact) mass is 538 g/mol. The first-order valence-corrected chi connectivity index (χ1v) is 14.8. The summed E-state index contributed by atoms with van der Waals surface area (Å²) in [5.41, 5.74) is 0.0110. The van der Waals surface area contributed by atoms with Crippen LogP contribution in [0.1, 0.15) is 53.9 Å². The van der Waals surface area contributed by atoms with Gasteiger partial charge in [0.1, 0.15) is 17.8 Å². The Labute approximate surface area is 221 Å². The molecule has 2 aliphatic heterocycles. The number of ketones is 1. The summed E-state index contributed by atoms with van der Waals surface area (Å²) in [6, 6.07) is -2.56. The normalized spacial score (nSPS) is 29.9. The van der Waals surface area contributed by atoms with Gasteiger partial charge in [-0.1, -0.05) is 67.5 Å². The van der Waals surface area contributed by atoms with E-state index in [4.69, 9.17) is 0 Å². The van der Waals surface area contributed by atoms with E-state index in [1.807, 2.05) is 39.8 Å². The summed E-state index contributed by atoms with van der Waals surface area (Å²) in [6.07, 6.45) is 6.14. The smallest absolute Gasteiger partial charge is 0.268 e. The summed E-state index contributed by atoms with van der Waals surface area (Å²) < 4.78 is 0. The van der Waals surface area contributed by atoms with E-state index in [9.17, 15) is 24.0 Å². The van der Waals surface area contributed by atoms with E-state index in [0.29, 0.717) is 0 Å². The predicted molar refractivity (Wildman–Crippen MR) is 144 cm³/mol. The third-order valence-electron chi connectivity index (χ3n) is 6.00. The molecule has 0 unspecified atom stereocenters. The predicted octanol–water partition coefficient (Wildman–Crippen LogP) is 2.09.